The summed E-state index contributed by atoms with van der Waals surface area (Å²) in [5, 5.41) is 8.75. The van der Waals surface area contributed by atoms with Crippen molar-refractivity contribution in [2.75, 3.05) is 26.3 Å². The molecule has 33 heavy (non-hydrogen) atoms. The van der Waals surface area contributed by atoms with Crippen molar-refractivity contribution in [1.29, 1.82) is 0 Å². The molecule has 4 N–H and O–H groups in total. The number of fused-ring (bicyclic) bond motifs is 4. The molecule has 3 aromatic heterocycles. The van der Waals surface area contributed by atoms with Crippen LogP contribution in [0, 0.1) is 0 Å². The second-order valence-electron chi connectivity index (χ2n) is 8.10. The van der Waals surface area contributed by atoms with Crippen LogP contribution in [0.3, 0.4) is 0 Å². The van der Waals surface area contributed by atoms with Gasteiger partial charge in [0.2, 0.25) is 0 Å². The van der Waals surface area contributed by atoms with Crippen LogP contribution < -0.4 is 5.73 Å². The fraction of sp³-hybridized carbons (Fsp3) is 0.167. The molecule has 9 nitrogen and oxygen atoms in total. The molecule has 9 heteroatoms. The number of morpholine rings is 1. The van der Waals surface area contributed by atoms with Gasteiger partial charge in [0.25, 0.3) is 11.8 Å². The molecule has 1 aliphatic heterocycles. The number of amides is 2. The molecule has 0 bridgehead atoms. The highest BCUT2D eigenvalue weighted by molar-refractivity contribution is 6.14. The standard InChI is InChI=1S/C24H20N6O3/c25-23(31)17-11-19(13-2-4-18-15(9-13)12-26-29-18)27-21-16-3-1-14(10-20(16)28-22(17)21)24(32)30-5-7-33-8-6-30/h1-4,9-12,28H,5-8H2,(H2,25,31)(H,26,29). The number of hydrogen-bond donors (Lipinski definition) is 3. The van der Waals surface area contributed by atoms with Crippen LogP contribution in [0.1, 0.15) is 20.7 Å². The predicted molar refractivity (Wildman–Crippen MR) is 124 cm³/mol. The number of aromatic amines is 2. The zero-order chi connectivity index (χ0) is 22.5. The van der Waals surface area contributed by atoms with E-state index in [0.717, 1.165) is 27.4 Å². The lowest BCUT2D eigenvalue weighted by atomic mass is 10.0. The van der Waals surface area contributed by atoms with Gasteiger partial charge in [0, 0.05) is 40.5 Å². The topological polar surface area (TPSA) is 130 Å². The number of carbonyl (C=O) groups is 2. The molecular formula is C24H20N6O3. The van der Waals surface area contributed by atoms with E-state index in [9.17, 15) is 9.59 Å². The maximum absolute atomic E-state index is 12.9. The van der Waals surface area contributed by atoms with Gasteiger partial charge in [-0.05, 0) is 36.4 Å². The van der Waals surface area contributed by atoms with Gasteiger partial charge in [0.1, 0.15) is 0 Å². The molecule has 1 saturated heterocycles. The fourth-order valence-corrected chi connectivity index (χ4v) is 4.38. The summed E-state index contributed by atoms with van der Waals surface area (Å²) < 4.78 is 5.34. The zero-order valence-electron chi connectivity index (χ0n) is 17.6. The average Bonchev–Trinajstić information content (AvgIpc) is 3.46. The van der Waals surface area contributed by atoms with Crippen molar-refractivity contribution in [3.63, 3.8) is 0 Å². The quantitative estimate of drug-likeness (QED) is 0.397. The summed E-state index contributed by atoms with van der Waals surface area (Å²) in [6.45, 7) is 2.22. The van der Waals surface area contributed by atoms with E-state index in [-0.39, 0.29) is 5.91 Å². The molecule has 0 saturated carbocycles. The van der Waals surface area contributed by atoms with Crippen LogP contribution in [-0.2, 0) is 4.74 Å². The number of H-pyrrole nitrogens is 2. The summed E-state index contributed by atoms with van der Waals surface area (Å²) in [7, 11) is 0. The van der Waals surface area contributed by atoms with Gasteiger partial charge in [-0.15, -0.1) is 0 Å². The highest BCUT2D eigenvalue weighted by atomic mass is 16.5. The highest BCUT2D eigenvalue weighted by Gasteiger charge is 2.21. The first-order valence-electron chi connectivity index (χ1n) is 10.7. The lowest BCUT2D eigenvalue weighted by molar-refractivity contribution is 0.0303. The summed E-state index contributed by atoms with van der Waals surface area (Å²) in [6.07, 6.45) is 1.74. The molecule has 0 atom stereocenters. The van der Waals surface area contributed by atoms with Crippen LogP contribution in [0.4, 0.5) is 0 Å². The molecule has 0 spiro atoms. The zero-order valence-corrected chi connectivity index (χ0v) is 17.6. The van der Waals surface area contributed by atoms with E-state index in [1.165, 1.54) is 0 Å². The van der Waals surface area contributed by atoms with Crippen LogP contribution in [0.2, 0.25) is 0 Å². The number of aromatic nitrogens is 4. The van der Waals surface area contributed by atoms with E-state index in [0.29, 0.717) is 54.2 Å². The first-order valence-corrected chi connectivity index (χ1v) is 10.7. The van der Waals surface area contributed by atoms with Gasteiger partial charge in [-0.3, -0.25) is 14.7 Å². The smallest absolute Gasteiger partial charge is 0.254 e. The molecular weight excluding hydrogens is 420 g/mol. The van der Waals surface area contributed by atoms with Crippen LogP contribution in [0.5, 0.6) is 0 Å². The van der Waals surface area contributed by atoms with Crippen molar-refractivity contribution < 1.29 is 14.3 Å². The SMILES string of the molecule is NC(=O)c1cc(-c2ccc3[nH]ncc3c2)nc2c1[nH]c1cc(C(=O)N3CCOCC3)ccc12. The Balaban J connectivity index is 1.50. The Bertz CT molecular complexity index is 1560. The molecule has 1 aliphatic rings. The van der Waals surface area contributed by atoms with Crippen LogP contribution >= 0.6 is 0 Å². The molecule has 2 aromatic carbocycles. The Hall–Kier alpha value is -4.24. The third-order valence-corrected chi connectivity index (χ3v) is 6.10. The maximum Gasteiger partial charge on any atom is 0.254 e. The molecule has 1 fully saturated rings. The molecule has 0 aliphatic carbocycles. The number of hydrogen-bond acceptors (Lipinski definition) is 5. The summed E-state index contributed by atoms with van der Waals surface area (Å²) in [4.78, 5) is 35.1. The van der Waals surface area contributed by atoms with E-state index in [4.69, 9.17) is 15.5 Å². The minimum Gasteiger partial charge on any atom is -0.378 e. The van der Waals surface area contributed by atoms with Gasteiger partial charge in [0.15, 0.2) is 0 Å². The third kappa shape index (κ3) is 3.21. The lowest BCUT2D eigenvalue weighted by Gasteiger charge is -2.26. The van der Waals surface area contributed by atoms with Crippen molar-refractivity contribution in [2.45, 2.75) is 0 Å². The molecule has 6 rings (SSSR count). The van der Waals surface area contributed by atoms with E-state index in [1.807, 2.05) is 24.3 Å². The van der Waals surface area contributed by atoms with Crippen molar-refractivity contribution in [2.24, 2.45) is 5.73 Å². The number of benzene rings is 2. The summed E-state index contributed by atoms with van der Waals surface area (Å²) in [5.74, 6) is -0.597. The van der Waals surface area contributed by atoms with Crippen LogP contribution in [0.15, 0.2) is 48.7 Å². The number of primary amides is 1. The minimum atomic E-state index is -0.552. The molecule has 0 radical (unpaired) electrons. The molecule has 164 valence electrons. The molecule has 4 heterocycles. The van der Waals surface area contributed by atoms with Crippen molar-refractivity contribution in [3.8, 4) is 11.3 Å². The summed E-state index contributed by atoms with van der Waals surface area (Å²) in [6, 6.07) is 13.0. The summed E-state index contributed by atoms with van der Waals surface area (Å²) >= 11 is 0. The highest BCUT2D eigenvalue weighted by Crippen LogP contribution is 2.31. The molecule has 0 unspecified atom stereocenters. The first-order chi connectivity index (χ1) is 16.1. The molecule has 2 amide bonds. The first kappa shape index (κ1) is 19.4. The number of nitrogens with two attached hydrogens (primary N) is 1. The normalized spacial score (nSPS) is 14.4. The fourth-order valence-electron chi connectivity index (χ4n) is 4.38. The predicted octanol–water partition coefficient (Wildman–Crippen LogP) is 2.83. The number of rotatable bonds is 3. The Kier molecular flexibility index (Phi) is 4.37. The Morgan fingerprint density at radius 3 is 2.70 bits per heavy atom. The van der Waals surface area contributed by atoms with Crippen molar-refractivity contribution in [1.82, 2.24) is 25.1 Å². The number of carbonyl (C=O) groups excluding carboxylic acids is 2. The van der Waals surface area contributed by atoms with Gasteiger partial charge in [0.05, 0.1) is 47.2 Å². The Morgan fingerprint density at radius 1 is 1.03 bits per heavy atom. The van der Waals surface area contributed by atoms with Crippen LogP contribution in [0.25, 0.3) is 44.1 Å². The van der Waals surface area contributed by atoms with Crippen LogP contribution in [-0.4, -0.2) is 63.2 Å². The monoisotopic (exact) mass is 440 g/mol. The Morgan fingerprint density at radius 2 is 1.88 bits per heavy atom. The van der Waals surface area contributed by atoms with Gasteiger partial charge >= 0.3 is 0 Å². The van der Waals surface area contributed by atoms with E-state index < -0.39 is 5.91 Å². The van der Waals surface area contributed by atoms with E-state index in [1.54, 1.807) is 29.3 Å². The second kappa shape index (κ2) is 7.42. The largest absolute Gasteiger partial charge is 0.378 e. The van der Waals surface area contributed by atoms with Gasteiger partial charge in [-0.25, -0.2) is 4.98 Å². The van der Waals surface area contributed by atoms with Gasteiger partial charge < -0.3 is 20.4 Å². The number of nitrogens with one attached hydrogen (secondary N) is 2. The van der Waals surface area contributed by atoms with E-state index in [2.05, 4.69) is 15.2 Å². The lowest BCUT2D eigenvalue weighted by Crippen LogP contribution is -2.40. The second-order valence-corrected chi connectivity index (χ2v) is 8.10. The maximum atomic E-state index is 12.9. The molecule has 5 aromatic rings. The third-order valence-electron chi connectivity index (χ3n) is 6.10. The Labute approximate surface area is 187 Å². The van der Waals surface area contributed by atoms with Crippen molar-refractivity contribution >= 4 is 44.7 Å². The number of ether oxygens (including phenoxy) is 1. The summed E-state index contributed by atoms with van der Waals surface area (Å²) in [5.41, 5.74) is 11.0. The van der Waals surface area contributed by atoms with Gasteiger partial charge in [-0.1, -0.05) is 6.07 Å². The van der Waals surface area contributed by atoms with Crippen molar-refractivity contribution in [3.05, 3.63) is 59.8 Å². The van der Waals surface area contributed by atoms with Gasteiger partial charge in [-0.2, -0.15) is 5.10 Å². The number of nitrogens with zero attached hydrogens (tertiary/aromatic N) is 3. The van der Waals surface area contributed by atoms with E-state index >= 15 is 0 Å². The average molecular weight is 440 g/mol. The minimum absolute atomic E-state index is 0.0453. The number of pyridine rings is 1.